The lowest BCUT2D eigenvalue weighted by Gasteiger charge is -2.51. The molecule has 0 amide bonds. The standard InChI is InChI=1S/C20H30NO4/c1-21-9-5-4-8-19(21)15(7-6-10-21)14-25-20(22)16-11-17(23-2)13-18(12-16)24-3/h11-13,15,19H,4-10,14H2,1-3H3/q+1. The van der Waals surface area contributed by atoms with Crippen LogP contribution >= 0.6 is 0 Å². The molecule has 3 unspecified atom stereocenters. The second-order valence-corrected chi connectivity index (χ2v) is 7.59. The molecule has 0 N–H and O–H groups in total. The summed E-state index contributed by atoms with van der Waals surface area (Å²) in [6.45, 7) is 3.04. The Kier molecular flexibility index (Phi) is 5.52. The minimum atomic E-state index is -0.298. The highest BCUT2D eigenvalue weighted by Gasteiger charge is 2.43. The molecular weight excluding hydrogens is 318 g/mol. The van der Waals surface area contributed by atoms with Gasteiger partial charge in [-0.05, 0) is 37.8 Å². The molecule has 0 aliphatic carbocycles. The number of esters is 1. The van der Waals surface area contributed by atoms with Crippen LogP contribution in [-0.4, -0.2) is 57.5 Å². The molecular formula is C20H30NO4+. The van der Waals surface area contributed by atoms with Crippen LogP contribution in [-0.2, 0) is 4.74 Å². The molecule has 25 heavy (non-hydrogen) atoms. The summed E-state index contributed by atoms with van der Waals surface area (Å²) < 4.78 is 17.3. The third-order valence-electron chi connectivity index (χ3n) is 6.02. The number of ether oxygens (including phenoxy) is 3. The Morgan fingerprint density at radius 2 is 1.72 bits per heavy atom. The Bertz CT molecular complexity index is 591. The van der Waals surface area contributed by atoms with E-state index in [0.29, 0.717) is 35.6 Å². The maximum Gasteiger partial charge on any atom is 0.338 e. The molecule has 1 aromatic rings. The fraction of sp³-hybridized carbons (Fsp3) is 0.650. The van der Waals surface area contributed by atoms with Gasteiger partial charge in [-0.2, -0.15) is 0 Å². The second kappa shape index (κ2) is 7.65. The number of fused-ring (bicyclic) bond motifs is 1. The van der Waals surface area contributed by atoms with E-state index in [1.807, 2.05) is 0 Å². The number of nitrogens with zero attached hydrogens (tertiary/aromatic N) is 1. The van der Waals surface area contributed by atoms with Gasteiger partial charge in [0.25, 0.3) is 0 Å². The largest absolute Gasteiger partial charge is 0.497 e. The molecule has 5 heteroatoms. The topological polar surface area (TPSA) is 44.8 Å². The van der Waals surface area contributed by atoms with Crippen molar-refractivity contribution >= 4 is 5.97 Å². The molecule has 0 bridgehead atoms. The summed E-state index contributed by atoms with van der Waals surface area (Å²) in [6.07, 6.45) is 6.26. The maximum absolute atomic E-state index is 12.5. The highest BCUT2D eigenvalue weighted by Crippen LogP contribution is 2.36. The van der Waals surface area contributed by atoms with Crippen molar-refractivity contribution in [3.63, 3.8) is 0 Å². The van der Waals surface area contributed by atoms with Gasteiger partial charge in [-0.25, -0.2) is 4.79 Å². The van der Waals surface area contributed by atoms with E-state index >= 15 is 0 Å². The fourth-order valence-corrected chi connectivity index (χ4v) is 4.62. The number of quaternary nitrogens is 1. The van der Waals surface area contributed by atoms with Gasteiger partial charge >= 0.3 is 5.97 Å². The van der Waals surface area contributed by atoms with E-state index in [9.17, 15) is 4.79 Å². The van der Waals surface area contributed by atoms with Gasteiger partial charge in [-0.1, -0.05) is 0 Å². The summed E-state index contributed by atoms with van der Waals surface area (Å²) in [5.41, 5.74) is 0.480. The average molecular weight is 348 g/mol. The Morgan fingerprint density at radius 1 is 1.04 bits per heavy atom. The molecule has 3 rings (SSSR count). The Morgan fingerprint density at radius 3 is 2.40 bits per heavy atom. The van der Waals surface area contributed by atoms with Crippen molar-refractivity contribution in [3.8, 4) is 11.5 Å². The van der Waals surface area contributed by atoms with Crippen molar-refractivity contribution in [2.75, 3.05) is 41.0 Å². The fourth-order valence-electron chi connectivity index (χ4n) is 4.62. The quantitative estimate of drug-likeness (QED) is 0.605. The molecule has 2 saturated heterocycles. The van der Waals surface area contributed by atoms with Gasteiger partial charge in [-0.3, -0.25) is 0 Å². The van der Waals surface area contributed by atoms with Crippen molar-refractivity contribution in [2.45, 2.75) is 38.1 Å². The summed E-state index contributed by atoms with van der Waals surface area (Å²) in [5.74, 6) is 1.37. The zero-order valence-corrected chi connectivity index (χ0v) is 15.6. The van der Waals surface area contributed by atoms with Crippen molar-refractivity contribution < 1.29 is 23.5 Å². The van der Waals surface area contributed by atoms with Crippen LogP contribution in [0.1, 0.15) is 42.5 Å². The van der Waals surface area contributed by atoms with Crippen LogP contribution in [0.2, 0.25) is 0 Å². The molecule has 0 saturated carbocycles. The lowest BCUT2D eigenvalue weighted by atomic mass is 9.82. The monoisotopic (exact) mass is 348 g/mol. The number of hydrogen-bond acceptors (Lipinski definition) is 4. The van der Waals surface area contributed by atoms with Gasteiger partial charge in [0.1, 0.15) is 18.1 Å². The molecule has 5 nitrogen and oxygen atoms in total. The summed E-state index contributed by atoms with van der Waals surface area (Å²) in [4.78, 5) is 12.5. The van der Waals surface area contributed by atoms with Crippen LogP contribution in [0.15, 0.2) is 18.2 Å². The van der Waals surface area contributed by atoms with Crippen molar-refractivity contribution in [2.24, 2.45) is 5.92 Å². The van der Waals surface area contributed by atoms with Crippen LogP contribution in [0.25, 0.3) is 0 Å². The van der Waals surface area contributed by atoms with Crippen LogP contribution in [0.3, 0.4) is 0 Å². The molecule has 0 radical (unpaired) electrons. The van der Waals surface area contributed by atoms with Crippen LogP contribution in [0, 0.1) is 5.92 Å². The van der Waals surface area contributed by atoms with E-state index in [4.69, 9.17) is 14.2 Å². The third-order valence-corrected chi connectivity index (χ3v) is 6.02. The molecule has 2 fully saturated rings. The van der Waals surface area contributed by atoms with Gasteiger partial charge in [0.05, 0.1) is 46.0 Å². The molecule has 0 spiro atoms. The first kappa shape index (κ1) is 18.1. The minimum absolute atomic E-state index is 0.298. The second-order valence-electron chi connectivity index (χ2n) is 7.59. The van der Waals surface area contributed by atoms with Gasteiger partial charge in [-0.15, -0.1) is 0 Å². The molecule has 1 aromatic carbocycles. The smallest absolute Gasteiger partial charge is 0.338 e. The normalized spacial score (nSPS) is 28.8. The summed E-state index contributed by atoms with van der Waals surface area (Å²) >= 11 is 0. The number of hydrogen-bond donors (Lipinski definition) is 0. The predicted molar refractivity (Wildman–Crippen MR) is 96.1 cm³/mol. The molecule has 3 atom stereocenters. The molecule has 138 valence electrons. The van der Waals surface area contributed by atoms with Crippen LogP contribution < -0.4 is 9.47 Å². The minimum Gasteiger partial charge on any atom is -0.497 e. The van der Waals surface area contributed by atoms with Crippen LogP contribution in [0.5, 0.6) is 11.5 Å². The summed E-state index contributed by atoms with van der Waals surface area (Å²) in [6, 6.07) is 5.79. The lowest BCUT2D eigenvalue weighted by Crippen LogP contribution is -2.61. The first-order chi connectivity index (χ1) is 12.1. The van der Waals surface area contributed by atoms with E-state index in [1.165, 1.54) is 38.8 Å². The van der Waals surface area contributed by atoms with E-state index in [2.05, 4.69) is 7.05 Å². The van der Waals surface area contributed by atoms with Gasteiger partial charge < -0.3 is 18.7 Å². The predicted octanol–water partition coefficient (Wildman–Crippen LogP) is 3.27. The van der Waals surface area contributed by atoms with Crippen LogP contribution in [0.4, 0.5) is 0 Å². The van der Waals surface area contributed by atoms with Gasteiger partial charge in [0.15, 0.2) is 0 Å². The van der Waals surface area contributed by atoms with Gasteiger partial charge in [0, 0.05) is 18.4 Å². The highest BCUT2D eigenvalue weighted by atomic mass is 16.5. The van der Waals surface area contributed by atoms with Crippen molar-refractivity contribution in [1.29, 1.82) is 0 Å². The lowest BCUT2D eigenvalue weighted by molar-refractivity contribution is -0.947. The highest BCUT2D eigenvalue weighted by molar-refractivity contribution is 5.90. The van der Waals surface area contributed by atoms with E-state index in [-0.39, 0.29) is 5.97 Å². The number of carbonyl (C=O) groups excluding carboxylic acids is 1. The molecule has 2 heterocycles. The first-order valence-corrected chi connectivity index (χ1v) is 9.30. The Balaban J connectivity index is 1.65. The zero-order chi connectivity index (χ0) is 17.9. The number of benzene rings is 1. The third kappa shape index (κ3) is 3.92. The molecule has 0 aromatic heterocycles. The Hall–Kier alpha value is -1.75. The first-order valence-electron chi connectivity index (χ1n) is 9.30. The number of carbonyl (C=O) groups is 1. The average Bonchev–Trinajstić information content (AvgIpc) is 2.64. The number of methoxy groups -OCH3 is 2. The summed E-state index contributed by atoms with van der Waals surface area (Å²) in [7, 11) is 5.53. The van der Waals surface area contributed by atoms with E-state index < -0.39 is 0 Å². The SMILES string of the molecule is COc1cc(OC)cc(C(=O)OCC2CCC[N+]3(C)CCCCC23)c1. The van der Waals surface area contributed by atoms with Gasteiger partial charge in [0.2, 0.25) is 0 Å². The van der Waals surface area contributed by atoms with Crippen molar-refractivity contribution in [3.05, 3.63) is 23.8 Å². The summed E-state index contributed by atoms with van der Waals surface area (Å²) in [5, 5.41) is 0. The number of rotatable bonds is 5. The Labute approximate surface area is 150 Å². The zero-order valence-electron chi connectivity index (χ0n) is 15.6. The maximum atomic E-state index is 12.5. The number of piperidine rings is 2. The van der Waals surface area contributed by atoms with E-state index in [1.54, 1.807) is 32.4 Å². The van der Waals surface area contributed by atoms with E-state index in [0.717, 1.165) is 10.9 Å². The molecule has 2 aliphatic heterocycles. The molecule has 2 aliphatic rings. The van der Waals surface area contributed by atoms with Crippen molar-refractivity contribution in [1.82, 2.24) is 0 Å².